The van der Waals surface area contributed by atoms with Crippen molar-refractivity contribution >= 4 is 23.3 Å². The van der Waals surface area contributed by atoms with Gasteiger partial charge in [-0.05, 0) is 24.6 Å². The average molecular weight is 388 g/mol. The molecule has 0 spiro atoms. The van der Waals surface area contributed by atoms with E-state index in [2.05, 4.69) is 5.32 Å². The maximum atomic E-state index is 11.9. The summed E-state index contributed by atoms with van der Waals surface area (Å²) in [5, 5.41) is 13.3. The first-order valence-electron chi connectivity index (χ1n) is 8.45. The van der Waals surface area contributed by atoms with Crippen LogP contribution in [0.1, 0.15) is 12.8 Å². The molecule has 148 valence electrons. The lowest BCUT2D eigenvalue weighted by Crippen LogP contribution is -2.21. The second-order valence-corrected chi connectivity index (χ2v) is 5.62. The van der Waals surface area contributed by atoms with Crippen LogP contribution >= 0.6 is 0 Å². The number of carbonyl (C=O) groups is 2. The fraction of sp³-hybridized carbons (Fsp3) is 0.263. The van der Waals surface area contributed by atoms with E-state index in [1.54, 1.807) is 0 Å². The lowest BCUT2D eigenvalue weighted by molar-refractivity contribution is -0.384. The number of nitro benzene ring substituents is 1. The van der Waals surface area contributed by atoms with E-state index in [9.17, 15) is 19.7 Å². The predicted molar refractivity (Wildman–Crippen MR) is 100 cm³/mol. The van der Waals surface area contributed by atoms with Crippen LogP contribution < -0.4 is 14.8 Å². The minimum Gasteiger partial charge on any atom is -0.495 e. The molecule has 0 aliphatic carbocycles. The molecule has 0 aliphatic heterocycles. The summed E-state index contributed by atoms with van der Waals surface area (Å²) in [4.78, 5) is 33.9. The van der Waals surface area contributed by atoms with Crippen LogP contribution in [0, 0.1) is 10.1 Å². The number of ether oxygens (including phenoxy) is 3. The predicted octanol–water partition coefficient (Wildman–Crippen LogP) is 2.94. The molecule has 0 fully saturated rings. The van der Waals surface area contributed by atoms with Gasteiger partial charge >= 0.3 is 5.97 Å². The Labute approximate surface area is 161 Å². The van der Waals surface area contributed by atoms with Crippen LogP contribution in [0.2, 0.25) is 0 Å². The molecule has 2 rings (SSSR count). The molecule has 1 N–H and O–H groups in total. The fourth-order valence-electron chi connectivity index (χ4n) is 2.23. The average Bonchev–Trinajstić information content (AvgIpc) is 2.70. The Morgan fingerprint density at radius 2 is 1.89 bits per heavy atom. The Bertz CT molecular complexity index is 824. The molecule has 0 saturated carbocycles. The van der Waals surface area contributed by atoms with E-state index in [0.29, 0.717) is 18.8 Å². The topological polar surface area (TPSA) is 117 Å². The van der Waals surface area contributed by atoms with Crippen LogP contribution in [0.4, 0.5) is 11.4 Å². The van der Waals surface area contributed by atoms with Crippen molar-refractivity contribution in [3.8, 4) is 11.5 Å². The molecule has 0 heterocycles. The number of amides is 1. The third kappa shape index (κ3) is 6.60. The van der Waals surface area contributed by atoms with Gasteiger partial charge in [-0.15, -0.1) is 0 Å². The standard InChI is InChI=1S/C19H20N2O7/c1-26-17-10-9-14(21(24)25)12-16(17)20-18(22)13-28-19(23)8-5-11-27-15-6-3-2-4-7-15/h2-4,6-7,9-10,12H,5,8,11,13H2,1H3,(H,20,22). The molecular formula is C19H20N2O7. The van der Waals surface area contributed by atoms with Gasteiger partial charge in [0.25, 0.3) is 11.6 Å². The highest BCUT2D eigenvalue weighted by atomic mass is 16.6. The number of methoxy groups -OCH3 is 1. The molecule has 2 aromatic rings. The Hall–Kier alpha value is -3.62. The number of anilines is 1. The molecular weight excluding hydrogens is 368 g/mol. The van der Waals surface area contributed by atoms with Crippen LogP contribution in [0.3, 0.4) is 0 Å². The number of nitrogens with zero attached hydrogens (tertiary/aromatic N) is 1. The first-order chi connectivity index (χ1) is 13.5. The molecule has 9 heteroatoms. The van der Waals surface area contributed by atoms with Crippen molar-refractivity contribution in [2.24, 2.45) is 0 Å². The zero-order valence-electron chi connectivity index (χ0n) is 15.3. The number of hydrogen-bond acceptors (Lipinski definition) is 7. The Morgan fingerprint density at radius 1 is 1.14 bits per heavy atom. The van der Waals surface area contributed by atoms with Gasteiger partial charge in [0.15, 0.2) is 6.61 Å². The van der Waals surface area contributed by atoms with E-state index < -0.39 is 23.4 Å². The van der Waals surface area contributed by atoms with Crippen molar-refractivity contribution in [3.05, 3.63) is 58.6 Å². The van der Waals surface area contributed by atoms with Gasteiger partial charge in [-0.3, -0.25) is 19.7 Å². The third-order valence-electron chi connectivity index (χ3n) is 3.57. The van der Waals surface area contributed by atoms with Crippen molar-refractivity contribution in [2.75, 3.05) is 25.6 Å². The van der Waals surface area contributed by atoms with Crippen molar-refractivity contribution < 1.29 is 28.7 Å². The van der Waals surface area contributed by atoms with E-state index in [-0.39, 0.29) is 23.5 Å². The maximum Gasteiger partial charge on any atom is 0.306 e. The number of nitro groups is 1. The summed E-state index contributed by atoms with van der Waals surface area (Å²) < 4.78 is 15.4. The molecule has 0 bridgehead atoms. The lowest BCUT2D eigenvalue weighted by Gasteiger charge is -2.10. The number of non-ortho nitro benzene ring substituents is 1. The van der Waals surface area contributed by atoms with Gasteiger partial charge in [0.2, 0.25) is 0 Å². The van der Waals surface area contributed by atoms with Gasteiger partial charge in [-0.2, -0.15) is 0 Å². The number of rotatable bonds is 10. The molecule has 0 aliphatic rings. The number of benzene rings is 2. The van der Waals surface area contributed by atoms with Crippen molar-refractivity contribution in [1.29, 1.82) is 0 Å². The molecule has 0 radical (unpaired) electrons. The van der Waals surface area contributed by atoms with E-state index in [1.165, 1.54) is 25.3 Å². The summed E-state index contributed by atoms with van der Waals surface area (Å²) in [6.45, 7) is -0.166. The summed E-state index contributed by atoms with van der Waals surface area (Å²) >= 11 is 0. The number of carbonyl (C=O) groups excluding carboxylic acids is 2. The summed E-state index contributed by atoms with van der Waals surface area (Å²) in [5.74, 6) is -0.213. The summed E-state index contributed by atoms with van der Waals surface area (Å²) in [6, 6.07) is 13.0. The van der Waals surface area contributed by atoms with Gasteiger partial charge in [-0.25, -0.2) is 0 Å². The monoisotopic (exact) mass is 388 g/mol. The molecule has 0 aromatic heterocycles. The molecule has 28 heavy (non-hydrogen) atoms. The van der Waals surface area contributed by atoms with E-state index in [1.807, 2.05) is 30.3 Å². The lowest BCUT2D eigenvalue weighted by atomic mass is 10.2. The molecule has 0 saturated heterocycles. The molecule has 1 amide bonds. The van der Waals surface area contributed by atoms with Gasteiger partial charge in [-0.1, -0.05) is 18.2 Å². The Balaban J connectivity index is 1.73. The zero-order valence-corrected chi connectivity index (χ0v) is 15.3. The summed E-state index contributed by atoms with van der Waals surface area (Å²) in [7, 11) is 1.37. The van der Waals surface area contributed by atoms with E-state index >= 15 is 0 Å². The molecule has 0 atom stereocenters. The maximum absolute atomic E-state index is 11.9. The van der Waals surface area contributed by atoms with Crippen LogP contribution in [-0.2, 0) is 14.3 Å². The van der Waals surface area contributed by atoms with Gasteiger partial charge in [0, 0.05) is 18.6 Å². The highest BCUT2D eigenvalue weighted by Crippen LogP contribution is 2.28. The first-order valence-corrected chi connectivity index (χ1v) is 8.45. The third-order valence-corrected chi connectivity index (χ3v) is 3.57. The van der Waals surface area contributed by atoms with Crippen LogP contribution in [0.5, 0.6) is 11.5 Å². The molecule has 9 nitrogen and oxygen atoms in total. The van der Waals surface area contributed by atoms with Gasteiger partial charge in [0.05, 0.1) is 24.3 Å². The minimum absolute atomic E-state index is 0.0975. The quantitative estimate of drug-likeness (QED) is 0.288. The second kappa shape index (κ2) is 10.5. The minimum atomic E-state index is -0.632. The van der Waals surface area contributed by atoms with Gasteiger partial charge < -0.3 is 19.5 Å². The summed E-state index contributed by atoms with van der Waals surface area (Å²) in [5.41, 5.74) is -0.0829. The van der Waals surface area contributed by atoms with Gasteiger partial charge in [0.1, 0.15) is 11.5 Å². The zero-order chi connectivity index (χ0) is 20.4. The van der Waals surface area contributed by atoms with E-state index in [0.717, 1.165) is 0 Å². The number of nitrogens with one attached hydrogen (secondary N) is 1. The number of hydrogen-bond donors (Lipinski definition) is 1. The first kappa shape index (κ1) is 20.7. The molecule has 2 aromatic carbocycles. The van der Waals surface area contributed by atoms with E-state index in [4.69, 9.17) is 14.2 Å². The van der Waals surface area contributed by atoms with Crippen molar-refractivity contribution in [1.82, 2.24) is 0 Å². The second-order valence-electron chi connectivity index (χ2n) is 5.62. The highest BCUT2D eigenvalue weighted by Gasteiger charge is 2.15. The smallest absolute Gasteiger partial charge is 0.306 e. The van der Waals surface area contributed by atoms with Crippen molar-refractivity contribution in [3.63, 3.8) is 0 Å². The van der Waals surface area contributed by atoms with Crippen molar-refractivity contribution in [2.45, 2.75) is 12.8 Å². The SMILES string of the molecule is COc1ccc([N+](=O)[O-])cc1NC(=O)COC(=O)CCCOc1ccccc1. The number of esters is 1. The largest absolute Gasteiger partial charge is 0.495 e. The van der Waals surface area contributed by atoms with Crippen LogP contribution in [0.15, 0.2) is 48.5 Å². The highest BCUT2D eigenvalue weighted by molar-refractivity contribution is 5.94. The Kier molecular flexibility index (Phi) is 7.77. The van der Waals surface area contributed by atoms with Crippen LogP contribution in [0.25, 0.3) is 0 Å². The normalized spacial score (nSPS) is 10.0. The number of para-hydroxylation sites is 1. The molecule has 0 unspecified atom stereocenters. The Morgan fingerprint density at radius 3 is 2.57 bits per heavy atom. The fourth-order valence-corrected chi connectivity index (χ4v) is 2.23. The van der Waals surface area contributed by atoms with Crippen LogP contribution in [-0.4, -0.2) is 37.1 Å². The summed E-state index contributed by atoms with van der Waals surface area (Å²) in [6.07, 6.45) is 0.536.